The van der Waals surface area contributed by atoms with E-state index in [9.17, 15) is 9.18 Å². The number of benzene rings is 1. The fourth-order valence-electron chi connectivity index (χ4n) is 2.65. The predicted molar refractivity (Wildman–Crippen MR) is 104 cm³/mol. The van der Waals surface area contributed by atoms with Crippen LogP contribution in [0.1, 0.15) is 13.8 Å². The second kappa shape index (κ2) is 8.12. The third-order valence-corrected chi connectivity index (χ3v) is 5.84. The molecule has 2 heterocycles. The largest absolute Gasteiger partial charge is 0.303 e. The third-order valence-electron chi connectivity index (χ3n) is 4.12. The van der Waals surface area contributed by atoms with E-state index in [0.717, 1.165) is 36.5 Å². The van der Waals surface area contributed by atoms with Crippen molar-refractivity contribution in [2.24, 2.45) is 0 Å². The summed E-state index contributed by atoms with van der Waals surface area (Å²) in [6.45, 7) is 7.29. The summed E-state index contributed by atoms with van der Waals surface area (Å²) < 4.78 is 13.1. The normalized spacial score (nSPS) is 11.5. The number of aromatic amines is 1. The highest BCUT2D eigenvalue weighted by Gasteiger charge is 2.13. The van der Waals surface area contributed by atoms with Crippen LogP contribution in [0.25, 0.3) is 21.3 Å². The number of aromatic nitrogens is 2. The molecule has 0 saturated heterocycles. The topological polar surface area (TPSA) is 49.0 Å². The van der Waals surface area contributed by atoms with Gasteiger partial charge in [0.25, 0.3) is 5.56 Å². The molecule has 0 aliphatic heterocycles. The van der Waals surface area contributed by atoms with Crippen molar-refractivity contribution >= 4 is 33.3 Å². The maximum absolute atomic E-state index is 13.1. The number of fused-ring (bicyclic) bond motifs is 1. The SMILES string of the molecule is CCN(CC)CCSc1nc2scc(-c3ccc(F)cc3)c2c(=O)[nH]1. The van der Waals surface area contributed by atoms with Crippen molar-refractivity contribution in [3.63, 3.8) is 0 Å². The third kappa shape index (κ3) is 4.11. The molecule has 2 aromatic heterocycles. The van der Waals surface area contributed by atoms with E-state index in [1.54, 1.807) is 23.9 Å². The molecule has 1 N–H and O–H groups in total. The molecule has 0 unspecified atom stereocenters. The van der Waals surface area contributed by atoms with Gasteiger partial charge in [0.05, 0.1) is 5.39 Å². The van der Waals surface area contributed by atoms with Gasteiger partial charge in [0, 0.05) is 23.2 Å². The molecule has 3 rings (SSSR count). The molecule has 0 spiro atoms. The van der Waals surface area contributed by atoms with Crippen LogP contribution in [0.15, 0.2) is 39.6 Å². The number of rotatable bonds is 7. The first-order valence-corrected chi connectivity index (χ1v) is 10.1. The van der Waals surface area contributed by atoms with Crippen LogP contribution in [0.3, 0.4) is 0 Å². The minimum absolute atomic E-state index is 0.143. The average molecular weight is 378 g/mol. The van der Waals surface area contributed by atoms with Crippen LogP contribution < -0.4 is 5.56 Å². The Morgan fingerprint density at radius 3 is 2.64 bits per heavy atom. The van der Waals surface area contributed by atoms with Crippen molar-refractivity contribution in [2.75, 3.05) is 25.4 Å². The molecule has 3 aromatic rings. The highest BCUT2D eigenvalue weighted by Crippen LogP contribution is 2.31. The number of thiophene rings is 1. The van der Waals surface area contributed by atoms with Crippen molar-refractivity contribution in [1.29, 1.82) is 0 Å². The Labute approximate surface area is 154 Å². The van der Waals surface area contributed by atoms with Crippen LogP contribution in [-0.2, 0) is 0 Å². The summed E-state index contributed by atoms with van der Waals surface area (Å²) in [5, 5.41) is 3.13. The van der Waals surface area contributed by atoms with Gasteiger partial charge in [-0.05, 0) is 30.8 Å². The molecule has 0 saturated carbocycles. The van der Waals surface area contributed by atoms with Crippen LogP contribution in [0.4, 0.5) is 4.39 Å². The van der Waals surface area contributed by atoms with Gasteiger partial charge in [-0.2, -0.15) is 0 Å². The van der Waals surface area contributed by atoms with E-state index in [2.05, 4.69) is 28.7 Å². The lowest BCUT2D eigenvalue weighted by atomic mass is 10.1. The molecule has 0 radical (unpaired) electrons. The summed E-state index contributed by atoms with van der Waals surface area (Å²) in [6, 6.07) is 6.17. The minimum Gasteiger partial charge on any atom is -0.303 e. The van der Waals surface area contributed by atoms with E-state index in [0.29, 0.717) is 15.4 Å². The Bertz CT molecular complexity index is 901. The summed E-state index contributed by atoms with van der Waals surface area (Å²) in [5.74, 6) is 0.592. The number of H-pyrrole nitrogens is 1. The van der Waals surface area contributed by atoms with Gasteiger partial charge in [-0.15, -0.1) is 11.3 Å². The molecule has 0 bridgehead atoms. The van der Waals surface area contributed by atoms with E-state index >= 15 is 0 Å². The lowest BCUT2D eigenvalue weighted by molar-refractivity contribution is 0.324. The van der Waals surface area contributed by atoms with Gasteiger partial charge in [0.1, 0.15) is 10.6 Å². The van der Waals surface area contributed by atoms with E-state index < -0.39 is 0 Å². The quantitative estimate of drug-likeness (QED) is 0.495. The molecule has 1 aromatic carbocycles. The summed E-state index contributed by atoms with van der Waals surface area (Å²) in [6.07, 6.45) is 0. The number of halogens is 1. The predicted octanol–water partition coefficient (Wildman–Crippen LogP) is 4.22. The Hall–Kier alpha value is -1.70. The fourth-order valence-corrected chi connectivity index (χ4v) is 4.52. The molecular weight excluding hydrogens is 357 g/mol. The van der Waals surface area contributed by atoms with Gasteiger partial charge in [-0.3, -0.25) is 4.79 Å². The molecular formula is C18H20FN3OS2. The van der Waals surface area contributed by atoms with E-state index in [1.165, 1.54) is 23.5 Å². The Kier molecular flexibility index (Phi) is 5.88. The van der Waals surface area contributed by atoms with Crippen molar-refractivity contribution < 1.29 is 4.39 Å². The van der Waals surface area contributed by atoms with E-state index in [-0.39, 0.29) is 11.4 Å². The molecule has 25 heavy (non-hydrogen) atoms. The number of thioether (sulfide) groups is 1. The van der Waals surface area contributed by atoms with Crippen molar-refractivity contribution in [3.05, 3.63) is 45.8 Å². The highest BCUT2D eigenvalue weighted by molar-refractivity contribution is 7.99. The van der Waals surface area contributed by atoms with E-state index in [4.69, 9.17) is 0 Å². The minimum atomic E-state index is -0.290. The van der Waals surface area contributed by atoms with Gasteiger partial charge < -0.3 is 9.88 Å². The zero-order valence-corrected chi connectivity index (χ0v) is 15.8. The number of nitrogens with zero attached hydrogens (tertiary/aromatic N) is 2. The second-order valence-corrected chi connectivity index (χ2v) is 7.52. The monoisotopic (exact) mass is 377 g/mol. The lowest BCUT2D eigenvalue weighted by Gasteiger charge is -2.16. The number of nitrogens with one attached hydrogen (secondary N) is 1. The van der Waals surface area contributed by atoms with Crippen LogP contribution in [0.2, 0.25) is 0 Å². The Morgan fingerprint density at radius 2 is 1.96 bits per heavy atom. The van der Waals surface area contributed by atoms with Gasteiger partial charge in [-0.25, -0.2) is 9.37 Å². The average Bonchev–Trinajstić information content (AvgIpc) is 3.04. The van der Waals surface area contributed by atoms with Gasteiger partial charge in [-0.1, -0.05) is 37.7 Å². The molecule has 0 fully saturated rings. The van der Waals surface area contributed by atoms with Crippen LogP contribution in [0.5, 0.6) is 0 Å². The number of hydrogen-bond donors (Lipinski definition) is 1. The molecule has 132 valence electrons. The van der Waals surface area contributed by atoms with Gasteiger partial charge in [0.15, 0.2) is 5.16 Å². The van der Waals surface area contributed by atoms with E-state index in [1.807, 2.05) is 5.38 Å². The smallest absolute Gasteiger partial charge is 0.260 e. The first-order chi connectivity index (χ1) is 12.1. The molecule has 0 atom stereocenters. The zero-order valence-electron chi connectivity index (χ0n) is 14.2. The molecule has 7 heteroatoms. The molecule has 0 amide bonds. The molecule has 4 nitrogen and oxygen atoms in total. The fraction of sp³-hybridized carbons (Fsp3) is 0.333. The Morgan fingerprint density at radius 1 is 1.24 bits per heavy atom. The Balaban J connectivity index is 1.84. The summed E-state index contributed by atoms with van der Waals surface area (Å²) in [4.78, 5) is 23.1. The maximum Gasteiger partial charge on any atom is 0.260 e. The van der Waals surface area contributed by atoms with Crippen molar-refractivity contribution in [1.82, 2.24) is 14.9 Å². The standard InChI is InChI=1S/C18H20FN3OS2/c1-3-22(4-2)9-10-24-18-20-16(23)15-14(11-25-17(15)21-18)12-5-7-13(19)8-6-12/h5-8,11H,3-4,9-10H2,1-2H3,(H,20,21,23). The second-order valence-electron chi connectivity index (χ2n) is 5.58. The number of hydrogen-bond acceptors (Lipinski definition) is 5. The first-order valence-electron chi connectivity index (χ1n) is 8.25. The maximum atomic E-state index is 13.1. The zero-order chi connectivity index (χ0) is 17.8. The first kappa shape index (κ1) is 18.1. The van der Waals surface area contributed by atoms with Crippen LogP contribution in [0, 0.1) is 5.82 Å². The lowest BCUT2D eigenvalue weighted by Crippen LogP contribution is -2.25. The summed E-state index contributed by atoms with van der Waals surface area (Å²) >= 11 is 3.01. The van der Waals surface area contributed by atoms with Gasteiger partial charge >= 0.3 is 0 Å². The summed E-state index contributed by atoms with van der Waals surface area (Å²) in [5.41, 5.74) is 1.48. The van der Waals surface area contributed by atoms with Crippen LogP contribution in [-0.4, -0.2) is 40.3 Å². The molecule has 0 aliphatic rings. The van der Waals surface area contributed by atoms with Crippen molar-refractivity contribution in [2.45, 2.75) is 19.0 Å². The highest BCUT2D eigenvalue weighted by atomic mass is 32.2. The summed E-state index contributed by atoms with van der Waals surface area (Å²) in [7, 11) is 0. The van der Waals surface area contributed by atoms with Crippen molar-refractivity contribution in [3.8, 4) is 11.1 Å². The molecule has 0 aliphatic carbocycles. The van der Waals surface area contributed by atoms with Crippen LogP contribution >= 0.6 is 23.1 Å². The van der Waals surface area contributed by atoms with Gasteiger partial charge in [0.2, 0.25) is 0 Å².